The molecule has 0 spiro atoms. The van der Waals surface area contributed by atoms with Gasteiger partial charge in [0.25, 0.3) is 0 Å². The van der Waals surface area contributed by atoms with Gasteiger partial charge in [0.2, 0.25) is 5.91 Å². The van der Waals surface area contributed by atoms with E-state index < -0.39 is 5.41 Å². The van der Waals surface area contributed by atoms with E-state index in [0.29, 0.717) is 16.7 Å². The van der Waals surface area contributed by atoms with E-state index in [2.05, 4.69) is 17.1 Å². The number of likely N-dealkylation sites (tertiary alicyclic amines) is 1. The monoisotopic (exact) mass is 502 g/mol. The Morgan fingerprint density at radius 2 is 1.76 bits per heavy atom. The smallest absolute Gasteiger partial charge is 0.235 e. The third-order valence-corrected chi connectivity index (χ3v) is 8.01. The Morgan fingerprint density at radius 3 is 2.44 bits per heavy atom. The molecule has 34 heavy (non-hydrogen) atoms. The molecule has 0 aromatic heterocycles. The predicted molar refractivity (Wildman–Crippen MR) is 141 cm³/mol. The third-order valence-electron chi connectivity index (χ3n) is 7.46. The van der Waals surface area contributed by atoms with Crippen molar-refractivity contribution < 1.29 is 9.53 Å². The summed E-state index contributed by atoms with van der Waals surface area (Å²) in [6, 6.07) is 13.2. The minimum absolute atomic E-state index is 0.000871. The van der Waals surface area contributed by atoms with Crippen molar-refractivity contribution in [3.8, 4) is 5.75 Å². The Balaban J connectivity index is 1.33. The fourth-order valence-electron chi connectivity index (χ4n) is 5.30. The molecule has 0 unspecified atom stereocenters. The summed E-state index contributed by atoms with van der Waals surface area (Å²) in [7, 11) is 0. The quantitative estimate of drug-likeness (QED) is 0.384. The van der Waals surface area contributed by atoms with Crippen molar-refractivity contribution in [2.45, 2.75) is 63.7 Å². The van der Waals surface area contributed by atoms with Gasteiger partial charge in [-0.3, -0.25) is 4.79 Å². The van der Waals surface area contributed by atoms with Crippen LogP contribution < -0.4 is 10.1 Å². The topological polar surface area (TPSA) is 41.6 Å². The van der Waals surface area contributed by atoms with E-state index in [9.17, 15) is 4.79 Å². The van der Waals surface area contributed by atoms with Gasteiger partial charge in [-0.25, -0.2) is 0 Å². The molecule has 1 N–H and O–H groups in total. The van der Waals surface area contributed by atoms with Crippen LogP contribution in [0.2, 0.25) is 10.0 Å². The molecular weight excluding hydrogens is 467 g/mol. The number of hydrogen-bond acceptors (Lipinski definition) is 3. The minimum Gasteiger partial charge on any atom is -0.494 e. The molecule has 1 aliphatic heterocycles. The SMILES string of the molecule is CC1CCN(CCCOc2ccc(NC(=O)C3(c4ccc(Cl)cc4Cl)CCCCC3)cc2)CC1. The molecule has 1 aliphatic carbocycles. The number of carbonyl (C=O) groups is 1. The van der Waals surface area contributed by atoms with E-state index in [-0.39, 0.29) is 5.91 Å². The number of hydrogen-bond donors (Lipinski definition) is 1. The molecule has 1 saturated heterocycles. The summed E-state index contributed by atoms with van der Waals surface area (Å²) in [5.74, 6) is 1.70. The van der Waals surface area contributed by atoms with Crippen molar-refractivity contribution >= 4 is 34.8 Å². The van der Waals surface area contributed by atoms with Crippen LogP contribution in [0.15, 0.2) is 42.5 Å². The molecule has 1 saturated carbocycles. The first-order valence-corrected chi connectivity index (χ1v) is 13.4. The summed E-state index contributed by atoms with van der Waals surface area (Å²) >= 11 is 12.7. The van der Waals surface area contributed by atoms with Gasteiger partial charge < -0.3 is 15.0 Å². The summed E-state index contributed by atoms with van der Waals surface area (Å²) in [5, 5.41) is 4.29. The highest BCUT2D eigenvalue weighted by molar-refractivity contribution is 6.35. The van der Waals surface area contributed by atoms with E-state index in [1.807, 2.05) is 36.4 Å². The highest BCUT2D eigenvalue weighted by atomic mass is 35.5. The first-order chi connectivity index (χ1) is 16.5. The first-order valence-electron chi connectivity index (χ1n) is 12.7. The molecule has 4 nitrogen and oxygen atoms in total. The molecule has 0 bridgehead atoms. The molecule has 1 heterocycles. The lowest BCUT2D eigenvalue weighted by Gasteiger charge is -2.37. The van der Waals surface area contributed by atoms with Crippen LogP contribution in [-0.2, 0) is 10.2 Å². The largest absolute Gasteiger partial charge is 0.494 e. The van der Waals surface area contributed by atoms with Gasteiger partial charge in [0, 0.05) is 22.3 Å². The second kappa shape index (κ2) is 11.8. The molecule has 1 amide bonds. The molecule has 4 rings (SSSR count). The van der Waals surface area contributed by atoms with E-state index >= 15 is 0 Å². The van der Waals surface area contributed by atoms with Crippen LogP contribution in [0.4, 0.5) is 5.69 Å². The predicted octanol–water partition coefficient (Wildman–Crippen LogP) is 7.33. The van der Waals surface area contributed by atoms with Crippen molar-refractivity contribution in [1.29, 1.82) is 0 Å². The normalized spacial score (nSPS) is 19.0. The van der Waals surface area contributed by atoms with E-state index in [1.54, 1.807) is 6.07 Å². The fourth-order valence-corrected chi connectivity index (χ4v) is 5.89. The number of nitrogens with one attached hydrogen (secondary N) is 1. The highest BCUT2D eigenvalue weighted by Crippen LogP contribution is 2.44. The zero-order valence-electron chi connectivity index (χ0n) is 20.1. The van der Waals surface area contributed by atoms with Crippen molar-refractivity contribution in [2.75, 3.05) is 31.6 Å². The fraction of sp³-hybridized carbons (Fsp3) is 0.536. The number of rotatable bonds is 8. The number of ether oxygens (including phenoxy) is 1. The number of carbonyl (C=O) groups excluding carboxylic acids is 1. The van der Waals surface area contributed by atoms with Crippen LogP contribution in [0.3, 0.4) is 0 Å². The standard InChI is InChI=1S/C28H36Cl2N2O2/c1-21-12-17-32(18-13-21)16-5-19-34-24-9-7-23(8-10-24)31-27(33)28(14-3-2-4-15-28)25-11-6-22(29)20-26(25)30/h6-11,20-21H,2-5,12-19H2,1H3,(H,31,33). The van der Waals surface area contributed by atoms with Gasteiger partial charge >= 0.3 is 0 Å². The number of halogens is 2. The lowest BCUT2D eigenvalue weighted by atomic mass is 9.68. The zero-order chi connectivity index (χ0) is 24.0. The van der Waals surface area contributed by atoms with Gasteiger partial charge in [-0.1, -0.05) is 55.5 Å². The van der Waals surface area contributed by atoms with Crippen LogP contribution in [0.1, 0.15) is 63.9 Å². The molecule has 2 aromatic carbocycles. The average Bonchev–Trinajstić information content (AvgIpc) is 2.84. The lowest BCUT2D eigenvalue weighted by Crippen LogP contribution is -2.42. The second-order valence-corrected chi connectivity index (χ2v) is 10.8. The molecule has 2 aliphatic rings. The molecule has 0 radical (unpaired) electrons. The zero-order valence-corrected chi connectivity index (χ0v) is 21.6. The van der Waals surface area contributed by atoms with Crippen molar-refractivity contribution in [3.63, 3.8) is 0 Å². The molecule has 2 fully saturated rings. The molecule has 184 valence electrons. The summed E-state index contributed by atoms with van der Waals surface area (Å²) in [6.07, 6.45) is 8.37. The van der Waals surface area contributed by atoms with E-state index in [0.717, 1.165) is 68.0 Å². The first kappa shape index (κ1) is 25.3. The molecule has 6 heteroatoms. The Morgan fingerprint density at radius 1 is 1.06 bits per heavy atom. The van der Waals surface area contributed by atoms with Crippen molar-refractivity contribution in [2.24, 2.45) is 5.92 Å². The number of anilines is 1. The van der Waals surface area contributed by atoms with Crippen LogP contribution in [0, 0.1) is 5.92 Å². The maximum atomic E-state index is 13.6. The Bertz CT molecular complexity index is 949. The third kappa shape index (κ3) is 6.27. The molecule has 0 atom stereocenters. The van der Waals surface area contributed by atoms with Gasteiger partial charge in [0.1, 0.15) is 5.75 Å². The summed E-state index contributed by atoms with van der Waals surface area (Å²) < 4.78 is 5.94. The summed E-state index contributed by atoms with van der Waals surface area (Å²) in [4.78, 5) is 16.1. The van der Waals surface area contributed by atoms with Crippen LogP contribution in [0.25, 0.3) is 0 Å². The van der Waals surface area contributed by atoms with Gasteiger partial charge in [0.15, 0.2) is 0 Å². The highest BCUT2D eigenvalue weighted by Gasteiger charge is 2.42. The van der Waals surface area contributed by atoms with Crippen molar-refractivity contribution in [3.05, 3.63) is 58.1 Å². The van der Waals surface area contributed by atoms with Crippen LogP contribution in [-0.4, -0.2) is 37.0 Å². The maximum Gasteiger partial charge on any atom is 0.235 e. The maximum absolute atomic E-state index is 13.6. The number of benzene rings is 2. The van der Waals surface area contributed by atoms with E-state index in [1.165, 1.54) is 25.9 Å². The molecular formula is C28H36Cl2N2O2. The Hall–Kier alpha value is -1.75. The van der Waals surface area contributed by atoms with Crippen molar-refractivity contribution in [1.82, 2.24) is 4.90 Å². The average molecular weight is 504 g/mol. The van der Waals surface area contributed by atoms with E-state index in [4.69, 9.17) is 27.9 Å². The second-order valence-electron chi connectivity index (χ2n) is 9.97. The number of nitrogens with zero attached hydrogens (tertiary/aromatic N) is 1. The Labute approximate surface area is 214 Å². The number of amides is 1. The van der Waals surface area contributed by atoms with Crippen LogP contribution in [0.5, 0.6) is 5.75 Å². The summed E-state index contributed by atoms with van der Waals surface area (Å²) in [6.45, 7) is 6.55. The summed E-state index contributed by atoms with van der Waals surface area (Å²) in [5.41, 5.74) is 1.02. The van der Waals surface area contributed by atoms with Gasteiger partial charge in [-0.15, -0.1) is 0 Å². The number of piperidine rings is 1. The van der Waals surface area contributed by atoms with Gasteiger partial charge in [0.05, 0.1) is 12.0 Å². The molecule has 2 aromatic rings. The minimum atomic E-state index is -0.624. The van der Waals surface area contributed by atoms with Gasteiger partial charge in [-0.2, -0.15) is 0 Å². The lowest BCUT2D eigenvalue weighted by molar-refractivity contribution is -0.122. The van der Waals surface area contributed by atoms with Gasteiger partial charge in [-0.05, 0) is 93.1 Å². The Kier molecular flexibility index (Phi) is 8.79. The van der Waals surface area contributed by atoms with Crippen LogP contribution >= 0.6 is 23.2 Å².